The first-order valence-electron chi connectivity index (χ1n) is 6.51. The van der Waals surface area contributed by atoms with Crippen molar-refractivity contribution in [3.63, 3.8) is 0 Å². The van der Waals surface area contributed by atoms with Gasteiger partial charge in [0.05, 0.1) is 5.56 Å². The number of hydrogen-bond donors (Lipinski definition) is 1. The highest BCUT2D eigenvalue weighted by atomic mass is 79.9. The molecule has 0 saturated carbocycles. The maximum Gasteiger partial charge on any atom is 0.416 e. The van der Waals surface area contributed by atoms with Gasteiger partial charge in [-0.25, -0.2) is 0 Å². The minimum atomic E-state index is -4.30. The molecule has 0 fully saturated rings. The third-order valence-corrected chi connectivity index (χ3v) is 3.77. The number of nitrogens with one attached hydrogen (secondary N) is 1. The van der Waals surface area contributed by atoms with Crippen LogP contribution in [-0.4, -0.2) is 0 Å². The second kappa shape index (κ2) is 6.62. The van der Waals surface area contributed by atoms with Crippen LogP contribution >= 0.6 is 15.9 Å². The highest BCUT2D eigenvalue weighted by Gasteiger charge is 2.30. The lowest BCUT2D eigenvalue weighted by atomic mass is 10.1. The van der Waals surface area contributed by atoms with Gasteiger partial charge < -0.3 is 5.32 Å². The lowest BCUT2D eigenvalue weighted by molar-refractivity contribution is -0.137. The maximum atomic E-state index is 12.6. The van der Waals surface area contributed by atoms with E-state index in [1.165, 1.54) is 12.1 Å². The molecule has 0 heterocycles. The number of hydrogen-bond acceptors (Lipinski definition) is 1. The van der Waals surface area contributed by atoms with E-state index in [4.69, 9.17) is 0 Å². The van der Waals surface area contributed by atoms with Crippen molar-refractivity contribution in [3.05, 3.63) is 69.7 Å². The van der Waals surface area contributed by atoms with Gasteiger partial charge in [0.25, 0.3) is 0 Å². The molecule has 0 saturated heterocycles. The molecule has 0 amide bonds. The van der Waals surface area contributed by atoms with Crippen LogP contribution in [0.15, 0.2) is 53.0 Å². The lowest BCUT2D eigenvalue weighted by Crippen LogP contribution is -2.18. The first-order valence-corrected chi connectivity index (χ1v) is 7.30. The zero-order valence-corrected chi connectivity index (χ0v) is 13.0. The Morgan fingerprint density at radius 3 is 2.38 bits per heavy atom. The Balaban J connectivity index is 2.01. The van der Waals surface area contributed by atoms with Crippen molar-refractivity contribution < 1.29 is 13.2 Å². The molecule has 0 aromatic heterocycles. The zero-order chi connectivity index (χ0) is 15.5. The Labute approximate surface area is 130 Å². The predicted molar refractivity (Wildman–Crippen MR) is 80.8 cm³/mol. The summed E-state index contributed by atoms with van der Waals surface area (Å²) < 4.78 is 38.9. The summed E-state index contributed by atoms with van der Waals surface area (Å²) in [5.41, 5.74) is 1.09. The molecule has 1 nitrogen and oxygen atoms in total. The van der Waals surface area contributed by atoms with Crippen molar-refractivity contribution in [2.24, 2.45) is 0 Å². The van der Waals surface area contributed by atoms with Crippen LogP contribution < -0.4 is 5.32 Å². The SMILES string of the molecule is C[C@H](NCc1cccc(C(F)(F)F)c1)c1ccc(Br)cc1. The quantitative estimate of drug-likeness (QED) is 0.780. The molecule has 2 rings (SSSR count). The van der Waals surface area contributed by atoms with E-state index >= 15 is 0 Å². The summed E-state index contributed by atoms with van der Waals surface area (Å²) >= 11 is 3.37. The van der Waals surface area contributed by atoms with E-state index in [1.807, 2.05) is 31.2 Å². The van der Waals surface area contributed by atoms with Gasteiger partial charge in [-0.3, -0.25) is 0 Å². The molecule has 1 N–H and O–H groups in total. The molecule has 2 aromatic carbocycles. The van der Waals surface area contributed by atoms with Crippen LogP contribution in [0.4, 0.5) is 13.2 Å². The van der Waals surface area contributed by atoms with Crippen molar-refractivity contribution in [1.82, 2.24) is 5.32 Å². The van der Waals surface area contributed by atoms with Gasteiger partial charge in [-0.15, -0.1) is 0 Å². The van der Waals surface area contributed by atoms with Crippen LogP contribution in [0.5, 0.6) is 0 Å². The van der Waals surface area contributed by atoms with E-state index in [2.05, 4.69) is 21.2 Å². The van der Waals surface area contributed by atoms with E-state index < -0.39 is 11.7 Å². The molecule has 0 aliphatic rings. The van der Waals surface area contributed by atoms with Crippen LogP contribution in [0, 0.1) is 0 Å². The summed E-state index contributed by atoms with van der Waals surface area (Å²) in [6.07, 6.45) is -4.30. The summed E-state index contributed by atoms with van der Waals surface area (Å²) in [5, 5.41) is 3.23. The van der Waals surface area contributed by atoms with Crippen molar-refractivity contribution in [2.45, 2.75) is 25.7 Å². The molecule has 112 valence electrons. The minimum Gasteiger partial charge on any atom is -0.306 e. The van der Waals surface area contributed by atoms with Gasteiger partial charge >= 0.3 is 6.18 Å². The normalized spacial score (nSPS) is 13.2. The fraction of sp³-hybridized carbons (Fsp3) is 0.250. The number of benzene rings is 2. The van der Waals surface area contributed by atoms with Crippen LogP contribution in [-0.2, 0) is 12.7 Å². The highest BCUT2D eigenvalue weighted by Crippen LogP contribution is 2.29. The molecule has 21 heavy (non-hydrogen) atoms. The van der Waals surface area contributed by atoms with Crippen molar-refractivity contribution in [1.29, 1.82) is 0 Å². The van der Waals surface area contributed by atoms with Crippen LogP contribution in [0.2, 0.25) is 0 Å². The summed E-state index contributed by atoms with van der Waals surface area (Å²) in [6, 6.07) is 13.3. The molecule has 0 bridgehead atoms. The topological polar surface area (TPSA) is 12.0 Å². The summed E-state index contributed by atoms with van der Waals surface area (Å²) in [6.45, 7) is 2.37. The molecule has 0 radical (unpaired) electrons. The van der Waals surface area contributed by atoms with Gasteiger partial charge in [0.1, 0.15) is 0 Å². The summed E-state index contributed by atoms with van der Waals surface area (Å²) in [5.74, 6) is 0. The summed E-state index contributed by atoms with van der Waals surface area (Å²) in [7, 11) is 0. The number of alkyl halides is 3. The fourth-order valence-electron chi connectivity index (χ4n) is 2.00. The monoisotopic (exact) mass is 357 g/mol. The minimum absolute atomic E-state index is 0.0626. The largest absolute Gasteiger partial charge is 0.416 e. The summed E-state index contributed by atoms with van der Waals surface area (Å²) in [4.78, 5) is 0. The van der Waals surface area contributed by atoms with Crippen molar-refractivity contribution in [3.8, 4) is 0 Å². The Bertz CT molecular complexity index is 593. The average molecular weight is 358 g/mol. The standard InChI is InChI=1S/C16H15BrF3N/c1-11(13-5-7-15(17)8-6-13)21-10-12-3-2-4-14(9-12)16(18,19)20/h2-9,11,21H,10H2,1H3/t11-/m0/s1. The highest BCUT2D eigenvalue weighted by molar-refractivity contribution is 9.10. The van der Waals surface area contributed by atoms with Gasteiger partial charge in [0.2, 0.25) is 0 Å². The second-order valence-electron chi connectivity index (χ2n) is 4.85. The van der Waals surface area contributed by atoms with E-state index in [0.717, 1.165) is 16.1 Å². The van der Waals surface area contributed by atoms with E-state index in [9.17, 15) is 13.2 Å². The lowest BCUT2D eigenvalue weighted by Gasteiger charge is -2.15. The zero-order valence-electron chi connectivity index (χ0n) is 11.4. The Kier molecular flexibility index (Phi) is 5.06. The van der Waals surface area contributed by atoms with Crippen LogP contribution in [0.1, 0.15) is 29.7 Å². The molecular formula is C16H15BrF3N. The molecule has 1 atom stereocenters. The Hall–Kier alpha value is -1.33. The van der Waals surface area contributed by atoms with E-state index in [0.29, 0.717) is 12.1 Å². The second-order valence-corrected chi connectivity index (χ2v) is 5.77. The van der Waals surface area contributed by atoms with Crippen molar-refractivity contribution in [2.75, 3.05) is 0 Å². The Morgan fingerprint density at radius 2 is 1.76 bits per heavy atom. The molecule has 0 spiro atoms. The van der Waals surface area contributed by atoms with E-state index in [1.54, 1.807) is 6.07 Å². The van der Waals surface area contributed by atoms with Crippen LogP contribution in [0.25, 0.3) is 0 Å². The molecular weight excluding hydrogens is 343 g/mol. The molecule has 0 unspecified atom stereocenters. The van der Waals surface area contributed by atoms with Gasteiger partial charge in [0.15, 0.2) is 0 Å². The Morgan fingerprint density at radius 1 is 1.10 bits per heavy atom. The number of rotatable bonds is 4. The maximum absolute atomic E-state index is 12.6. The number of halogens is 4. The van der Waals surface area contributed by atoms with Gasteiger partial charge in [-0.1, -0.05) is 46.3 Å². The smallest absolute Gasteiger partial charge is 0.306 e. The third-order valence-electron chi connectivity index (χ3n) is 3.24. The molecule has 0 aliphatic heterocycles. The van der Waals surface area contributed by atoms with Gasteiger partial charge in [-0.05, 0) is 36.2 Å². The van der Waals surface area contributed by atoms with Gasteiger partial charge in [0, 0.05) is 17.1 Å². The molecule has 5 heteroatoms. The third kappa shape index (κ3) is 4.58. The molecule has 2 aromatic rings. The van der Waals surface area contributed by atoms with Crippen molar-refractivity contribution >= 4 is 15.9 Å². The van der Waals surface area contributed by atoms with Crippen LogP contribution in [0.3, 0.4) is 0 Å². The van der Waals surface area contributed by atoms with Gasteiger partial charge in [-0.2, -0.15) is 13.2 Å². The first-order chi connectivity index (χ1) is 9.86. The molecule has 0 aliphatic carbocycles. The predicted octanol–water partition coefficient (Wildman–Crippen LogP) is 5.32. The first kappa shape index (κ1) is 16.0. The van der Waals surface area contributed by atoms with E-state index in [-0.39, 0.29) is 6.04 Å². The fourth-order valence-corrected chi connectivity index (χ4v) is 2.26. The average Bonchev–Trinajstić information content (AvgIpc) is 2.45.